The Kier molecular flexibility index (Phi) is 5.15. The molecule has 0 saturated heterocycles. The van der Waals surface area contributed by atoms with E-state index in [2.05, 4.69) is 5.32 Å². The average Bonchev–Trinajstić information content (AvgIpc) is 2.76. The number of carboxylic acid groups (broad SMARTS) is 1. The van der Waals surface area contributed by atoms with Gasteiger partial charge in [-0.2, -0.15) is 0 Å². The number of aliphatic carboxylic acids is 1. The number of aryl methyl sites for hydroxylation is 1. The molecule has 0 aromatic carbocycles. The first-order chi connectivity index (χ1) is 8.08. The van der Waals surface area contributed by atoms with Gasteiger partial charge in [-0.1, -0.05) is 20.3 Å². The van der Waals surface area contributed by atoms with Crippen LogP contribution in [0.5, 0.6) is 0 Å². The van der Waals surface area contributed by atoms with E-state index in [1.165, 1.54) is 11.3 Å². The minimum atomic E-state index is -0.979. The van der Waals surface area contributed by atoms with E-state index < -0.39 is 12.0 Å². The quantitative estimate of drug-likeness (QED) is 0.819. The minimum Gasteiger partial charge on any atom is -0.480 e. The number of thiophene rings is 1. The highest BCUT2D eigenvalue weighted by molar-refractivity contribution is 7.14. The molecule has 94 valence electrons. The van der Waals surface area contributed by atoms with E-state index in [9.17, 15) is 9.59 Å². The van der Waals surface area contributed by atoms with Crippen LogP contribution in [0.2, 0.25) is 0 Å². The van der Waals surface area contributed by atoms with Gasteiger partial charge in [0.15, 0.2) is 0 Å². The van der Waals surface area contributed by atoms with Crippen molar-refractivity contribution in [3.05, 3.63) is 21.9 Å². The molecule has 1 rings (SSSR count). The summed E-state index contributed by atoms with van der Waals surface area (Å²) in [7, 11) is 0. The third kappa shape index (κ3) is 3.85. The van der Waals surface area contributed by atoms with Crippen LogP contribution in [0.4, 0.5) is 0 Å². The molecular formula is C12H17NO3S. The predicted molar refractivity (Wildman–Crippen MR) is 67.5 cm³/mol. The SMILES string of the molecule is CCC[C@@H](NC(=O)c1ccc(CC)s1)C(=O)O. The predicted octanol–water partition coefficient (Wildman–Crippen LogP) is 2.29. The molecule has 17 heavy (non-hydrogen) atoms. The second kappa shape index (κ2) is 6.39. The summed E-state index contributed by atoms with van der Waals surface area (Å²) in [5.41, 5.74) is 0. The van der Waals surface area contributed by atoms with E-state index in [-0.39, 0.29) is 5.91 Å². The number of nitrogens with one attached hydrogen (secondary N) is 1. The largest absolute Gasteiger partial charge is 0.480 e. The van der Waals surface area contributed by atoms with Gasteiger partial charge >= 0.3 is 5.97 Å². The van der Waals surface area contributed by atoms with Crippen molar-refractivity contribution in [2.24, 2.45) is 0 Å². The van der Waals surface area contributed by atoms with Crippen molar-refractivity contribution in [2.45, 2.75) is 39.2 Å². The van der Waals surface area contributed by atoms with Gasteiger partial charge in [-0.25, -0.2) is 4.79 Å². The van der Waals surface area contributed by atoms with Gasteiger partial charge in [0.1, 0.15) is 6.04 Å². The van der Waals surface area contributed by atoms with Crippen molar-refractivity contribution in [2.75, 3.05) is 0 Å². The van der Waals surface area contributed by atoms with Crippen LogP contribution in [0.3, 0.4) is 0 Å². The van der Waals surface area contributed by atoms with Crippen molar-refractivity contribution < 1.29 is 14.7 Å². The summed E-state index contributed by atoms with van der Waals surface area (Å²) in [6, 6.07) is 2.85. The van der Waals surface area contributed by atoms with Crippen LogP contribution in [0.15, 0.2) is 12.1 Å². The lowest BCUT2D eigenvalue weighted by atomic mass is 10.1. The van der Waals surface area contributed by atoms with E-state index >= 15 is 0 Å². The fourth-order valence-electron chi connectivity index (χ4n) is 1.47. The van der Waals surface area contributed by atoms with Crippen molar-refractivity contribution in [1.82, 2.24) is 5.32 Å². The molecule has 0 saturated carbocycles. The summed E-state index contributed by atoms with van der Waals surface area (Å²) in [6.45, 7) is 3.91. The van der Waals surface area contributed by atoms with Crippen molar-refractivity contribution in [3.63, 3.8) is 0 Å². The van der Waals surface area contributed by atoms with Gasteiger partial charge in [0.05, 0.1) is 4.88 Å². The van der Waals surface area contributed by atoms with E-state index in [1.807, 2.05) is 19.9 Å². The van der Waals surface area contributed by atoms with Crippen LogP contribution in [0, 0.1) is 0 Å². The molecule has 5 heteroatoms. The van der Waals surface area contributed by atoms with Crippen molar-refractivity contribution in [1.29, 1.82) is 0 Å². The molecule has 1 aromatic heterocycles. The highest BCUT2D eigenvalue weighted by atomic mass is 32.1. The number of carbonyl (C=O) groups excluding carboxylic acids is 1. The Hall–Kier alpha value is -1.36. The van der Waals surface area contributed by atoms with E-state index in [4.69, 9.17) is 5.11 Å². The van der Waals surface area contributed by atoms with Crippen LogP contribution in [0.1, 0.15) is 41.2 Å². The third-order valence-corrected chi connectivity index (χ3v) is 3.64. The summed E-state index contributed by atoms with van der Waals surface area (Å²) >= 11 is 1.41. The molecule has 0 aliphatic heterocycles. The first-order valence-electron chi connectivity index (χ1n) is 5.70. The molecule has 1 heterocycles. The summed E-state index contributed by atoms with van der Waals surface area (Å²) in [6.07, 6.45) is 2.06. The Morgan fingerprint density at radius 1 is 1.41 bits per heavy atom. The number of amides is 1. The zero-order valence-corrected chi connectivity index (χ0v) is 10.8. The Bertz CT molecular complexity index is 400. The number of carboxylic acids is 1. The third-order valence-electron chi connectivity index (χ3n) is 2.41. The Morgan fingerprint density at radius 3 is 2.59 bits per heavy atom. The van der Waals surface area contributed by atoms with Gasteiger partial charge in [-0.3, -0.25) is 4.79 Å². The minimum absolute atomic E-state index is 0.296. The fraction of sp³-hybridized carbons (Fsp3) is 0.500. The molecule has 1 atom stereocenters. The molecule has 1 amide bonds. The topological polar surface area (TPSA) is 66.4 Å². The molecule has 0 aliphatic rings. The molecule has 1 aromatic rings. The van der Waals surface area contributed by atoms with E-state index in [1.54, 1.807) is 6.07 Å². The number of hydrogen-bond acceptors (Lipinski definition) is 3. The van der Waals surface area contributed by atoms with Crippen molar-refractivity contribution >= 4 is 23.2 Å². The summed E-state index contributed by atoms with van der Waals surface area (Å²) in [5.74, 6) is -1.27. The molecule has 0 bridgehead atoms. The number of hydrogen-bond donors (Lipinski definition) is 2. The van der Waals surface area contributed by atoms with E-state index in [0.717, 1.165) is 17.7 Å². The molecule has 0 spiro atoms. The smallest absolute Gasteiger partial charge is 0.326 e. The van der Waals surface area contributed by atoms with Crippen LogP contribution in [0.25, 0.3) is 0 Å². The van der Waals surface area contributed by atoms with Gasteiger partial charge in [0.2, 0.25) is 0 Å². The maximum atomic E-state index is 11.8. The Morgan fingerprint density at radius 2 is 2.12 bits per heavy atom. The normalized spacial score (nSPS) is 12.1. The average molecular weight is 255 g/mol. The summed E-state index contributed by atoms with van der Waals surface area (Å²) in [5, 5.41) is 11.5. The zero-order valence-electron chi connectivity index (χ0n) is 10.0. The first kappa shape index (κ1) is 13.7. The molecule has 0 unspecified atom stereocenters. The second-order valence-electron chi connectivity index (χ2n) is 3.77. The highest BCUT2D eigenvalue weighted by Gasteiger charge is 2.20. The summed E-state index contributed by atoms with van der Waals surface area (Å²) in [4.78, 5) is 24.4. The van der Waals surface area contributed by atoms with Crippen LogP contribution in [-0.2, 0) is 11.2 Å². The Balaban J connectivity index is 2.66. The second-order valence-corrected chi connectivity index (χ2v) is 4.94. The first-order valence-corrected chi connectivity index (χ1v) is 6.52. The molecule has 2 N–H and O–H groups in total. The van der Waals surface area contributed by atoms with Crippen LogP contribution >= 0.6 is 11.3 Å². The number of carbonyl (C=O) groups is 2. The number of rotatable bonds is 6. The molecular weight excluding hydrogens is 238 g/mol. The van der Waals surface area contributed by atoms with Gasteiger partial charge in [0.25, 0.3) is 5.91 Å². The lowest BCUT2D eigenvalue weighted by Gasteiger charge is -2.12. The standard InChI is InChI=1S/C12H17NO3S/c1-3-5-9(12(15)16)13-11(14)10-7-6-8(4-2)17-10/h6-7,9H,3-5H2,1-2H3,(H,13,14)(H,15,16)/t9-/m1/s1. The van der Waals surface area contributed by atoms with Gasteiger partial charge < -0.3 is 10.4 Å². The Labute approximate surface area is 105 Å². The maximum Gasteiger partial charge on any atom is 0.326 e. The molecule has 0 radical (unpaired) electrons. The van der Waals surface area contributed by atoms with Gasteiger partial charge in [0, 0.05) is 4.88 Å². The van der Waals surface area contributed by atoms with Gasteiger partial charge in [-0.15, -0.1) is 11.3 Å². The molecule has 0 fully saturated rings. The lowest BCUT2D eigenvalue weighted by molar-refractivity contribution is -0.139. The zero-order chi connectivity index (χ0) is 12.8. The molecule has 0 aliphatic carbocycles. The van der Waals surface area contributed by atoms with Crippen molar-refractivity contribution in [3.8, 4) is 0 Å². The summed E-state index contributed by atoms with van der Waals surface area (Å²) < 4.78 is 0. The lowest BCUT2D eigenvalue weighted by Crippen LogP contribution is -2.40. The van der Waals surface area contributed by atoms with E-state index in [0.29, 0.717) is 11.3 Å². The van der Waals surface area contributed by atoms with Crippen LogP contribution < -0.4 is 5.32 Å². The highest BCUT2D eigenvalue weighted by Crippen LogP contribution is 2.17. The van der Waals surface area contributed by atoms with Gasteiger partial charge in [-0.05, 0) is 25.0 Å². The van der Waals surface area contributed by atoms with Crippen LogP contribution in [-0.4, -0.2) is 23.0 Å². The monoisotopic (exact) mass is 255 g/mol. The fourth-order valence-corrected chi connectivity index (χ4v) is 2.32. The molecule has 4 nitrogen and oxygen atoms in total. The maximum absolute atomic E-state index is 11.8.